The number of benzene rings is 2. The number of nitrogens with one attached hydrogen (secondary N) is 3. The van der Waals surface area contributed by atoms with Crippen molar-refractivity contribution in [2.45, 2.75) is 13.1 Å². The Bertz CT molecular complexity index is 635. The first kappa shape index (κ1) is 17.1. The number of nitrogens with zero attached hydrogens (tertiary/aromatic N) is 1. The fourth-order valence-corrected chi connectivity index (χ4v) is 2.29. The van der Waals surface area contributed by atoms with E-state index in [1.165, 1.54) is 0 Å². The fraction of sp³-hybridized carbons (Fsp3) is 0.125. The fourth-order valence-electron chi connectivity index (χ4n) is 2.04. The van der Waals surface area contributed by atoms with Gasteiger partial charge in [-0.2, -0.15) is 0 Å². The molecule has 2 rings (SSSR count). The predicted molar refractivity (Wildman–Crippen MR) is 94.9 cm³/mol. The zero-order valence-corrected chi connectivity index (χ0v) is 13.8. The number of halogens is 2. The second-order valence-electron chi connectivity index (χ2n) is 5.00. The van der Waals surface area contributed by atoms with Crippen LogP contribution in [0.5, 0.6) is 0 Å². The van der Waals surface area contributed by atoms with Crippen molar-refractivity contribution in [3.05, 3.63) is 69.7 Å². The summed E-state index contributed by atoms with van der Waals surface area (Å²) < 4.78 is 0. The van der Waals surface area contributed by atoms with Gasteiger partial charge in [-0.1, -0.05) is 47.5 Å². The van der Waals surface area contributed by atoms with Crippen LogP contribution in [0, 0.1) is 10.8 Å². The molecule has 0 aliphatic heterocycles. The Balaban J connectivity index is 2.16. The number of rotatable bonds is 4. The van der Waals surface area contributed by atoms with Gasteiger partial charge in [-0.25, -0.2) is 0 Å². The van der Waals surface area contributed by atoms with E-state index in [1.54, 1.807) is 29.2 Å². The Hall–Kier alpha value is -2.24. The lowest BCUT2D eigenvalue weighted by molar-refractivity contribution is 0.394. The second kappa shape index (κ2) is 7.85. The van der Waals surface area contributed by atoms with Gasteiger partial charge in [0.2, 0.25) is 0 Å². The average molecular weight is 350 g/mol. The molecule has 0 atom stereocenters. The zero-order chi connectivity index (χ0) is 16.8. The van der Waals surface area contributed by atoms with Gasteiger partial charge in [0.15, 0.2) is 11.9 Å². The summed E-state index contributed by atoms with van der Waals surface area (Å²) in [6, 6.07) is 14.8. The van der Waals surface area contributed by atoms with Crippen molar-refractivity contribution < 1.29 is 0 Å². The molecule has 5 nitrogen and oxygen atoms in total. The Labute approximate surface area is 145 Å². The molecule has 120 valence electrons. The smallest absolute Gasteiger partial charge is 0.198 e. The van der Waals surface area contributed by atoms with Gasteiger partial charge < -0.3 is 10.6 Å². The van der Waals surface area contributed by atoms with E-state index < -0.39 is 0 Å². The van der Waals surface area contributed by atoms with Crippen LogP contribution < -0.4 is 11.1 Å². The van der Waals surface area contributed by atoms with Crippen LogP contribution in [0.15, 0.2) is 48.5 Å². The van der Waals surface area contributed by atoms with Crippen LogP contribution in [-0.4, -0.2) is 16.8 Å². The van der Waals surface area contributed by atoms with Crippen LogP contribution in [0.3, 0.4) is 0 Å². The minimum atomic E-state index is -0.271. The zero-order valence-electron chi connectivity index (χ0n) is 12.3. The molecule has 0 aliphatic carbocycles. The first-order valence-corrected chi connectivity index (χ1v) is 7.63. The van der Waals surface area contributed by atoms with Crippen LogP contribution in [-0.2, 0) is 13.1 Å². The van der Waals surface area contributed by atoms with E-state index in [4.69, 9.17) is 39.8 Å². The quantitative estimate of drug-likeness (QED) is 0.503. The molecule has 7 heteroatoms. The third-order valence-electron chi connectivity index (χ3n) is 3.14. The van der Waals surface area contributed by atoms with Gasteiger partial charge in [-0.3, -0.25) is 16.1 Å². The molecule has 0 unspecified atom stereocenters. The van der Waals surface area contributed by atoms with Gasteiger partial charge in [-0.15, -0.1) is 0 Å². The summed E-state index contributed by atoms with van der Waals surface area (Å²) in [7, 11) is 0. The van der Waals surface area contributed by atoms with Gasteiger partial charge in [0.1, 0.15) is 0 Å². The van der Waals surface area contributed by atoms with Gasteiger partial charge in [0, 0.05) is 23.1 Å². The molecule has 0 radical (unpaired) electrons. The molecule has 0 bridgehead atoms. The summed E-state index contributed by atoms with van der Waals surface area (Å²) in [6.07, 6.45) is 0. The van der Waals surface area contributed by atoms with Crippen molar-refractivity contribution in [2.24, 2.45) is 5.73 Å². The van der Waals surface area contributed by atoms with Gasteiger partial charge in [0.25, 0.3) is 0 Å². The summed E-state index contributed by atoms with van der Waals surface area (Å²) in [6.45, 7) is 0.970. The van der Waals surface area contributed by atoms with Crippen molar-refractivity contribution in [3.63, 3.8) is 0 Å². The van der Waals surface area contributed by atoms with E-state index in [1.807, 2.05) is 24.3 Å². The normalized spacial score (nSPS) is 10.2. The molecular weight excluding hydrogens is 333 g/mol. The molecule has 0 amide bonds. The van der Waals surface area contributed by atoms with Crippen molar-refractivity contribution in [2.75, 3.05) is 0 Å². The molecular formula is C16H17Cl2N5. The Kier molecular flexibility index (Phi) is 5.84. The maximum atomic E-state index is 8.10. The molecule has 2 aromatic rings. The monoisotopic (exact) mass is 349 g/mol. The van der Waals surface area contributed by atoms with Crippen molar-refractivity contribution in [1.82, 2.24) is 10.2 Å². The number of nitrogens with two attached hydrogens (primary N) is 1. The molecule has 0 saturated carbocycles. The van der Waals surface area contributed by atoms with Crippen molar-refractivity contribution in [1.29, 1.82) is 10.8 Å². The summed E-state index contributed by atoms with van der Waals surface area (Å²) in [5.74, 6) is -0.213. The van der Waals surface area contributed by atoms with Gasteiger partial charge in [0.05, 0.1) is 0 Å². The number of hydrogen-bond acceptors (Lipinski definition) is 2. The number of hydrogen-bond donors (Lipinski definition) is 4. The Morgan fingerprint density at radius 2 is 1.26 bits per heavy atom. The largest absolute Gasteiger partial charge is 0.370 e. The molecule has 23 heavy (non-hydrogen) atoms. The summed E-state index contributed by atoms with van der Waals surface area (Å²) in [5, 5.41) is 19.2. The highest BCUT2D eigenvalue weighted by Crippen LogP contribution is 2.15. The first-order chi connectivity index (χ1) is 10.9. The Morgan fingerprint density at radius 1 is 0.870 bits per heavy atom. The van der Waals surface area contributed by atoms with Crippen LogP contribution >= 0.6 is 23.2 Å². The SMILES string of the molecule is N=C(N)NC(=N)N(Cc1ccc(Cl)cc1)Cc1ccc(Cl)cc1. The molecule has 5 N–H and O–H groups in total. The minimum absolute atomic E-state index is 0.0578. The number of guanidine groups is 2. The molecule has 0 saturated heterocycles. The average Bonchev–Trinajstić information content (AvgIpc) is 2.50. The maximum Gasteiger partial charge on any atom is 0.198 e. The van der Waals surface area contributed by atoms with Gasteiger partial charge >= 0.3 is 0 Å². The summed E-state index contributed by atoms with van der Waals surface area (Å²) in [5.41, 5.74) is 7.32. The highest BCUT2D eigenvalue weighted by atomic mass is 35.5. The van der Waals surface area contributed by atoms with E-state index in [-0.39, 0.29) is 11.9 Å². The second-order valence-corrected chi connectivity index (χ2v) is 5.87. The van der Waals surface area contributed by atoms with Crippen LogP contribution in [0.1, 0.15) is 11.1 Å². The van der Waals surface area contributed by atoms with E-state index in [2.05, 4.69) is 5.32 Å². The Morgan fingerprint density at radius 3 is 1.61 bits per heavy atom. The lowest BCUT2D eigenvalue weighted by Gasteiger charge is -2.25. The van der Waals surface area contributed by atoms with Gasteiger partial charge in [-0.05, 0) is 35.4 Å². The standard InChI is InChI=1S/C16H17Cl2N5/c17-13-5-1-11(2-6-13)9-23(16(21)22-15(19)20)10-12-3-7-14(18)8-4-12/h1-8H,9-10H2,(H5,19,20,21,22). The third-order valence-corrected chi connectivity index (χ3v) is 3.65. The molecule has 0 heterocycles. The van der Waals surface area contributed by atoms with Crippen molar-refractivity contribution >= 4 is 35.1 Å². The van der Waals surface area contributed by atoms with E-state index in [0.29, 0.717) is 23.1 Å². The first-order valence-electron chi connectivity index (χ1n) is 6.87. The van der Waals surface area contributed by atoms with E-state index in [0.717, 1.165) is 11.1 Å². The lowest BCUT2D eigenvalue weighted by Crippen LogP contribution is -2.45. The van der Waals surface area contributed by atoms with E-state index >= 15 is 0 Å². The van der Waals surface area contributed by atoms with E-state index in [9.17, 15) is 0 Å². The van der Waals surface area contributed by atoms with Crippen LogP contribution in [0.2, 0.25) is 10.0 Å². The summed E-state index contributed by atoms with van der Waals surface area (Å²) in [4.78, 5) is 1.77. The highest BCUT2D eigenvalue weighted by molar-refractivity contribution is 6.30. The summed E-state index contributed by atoms with van der Waals surface area (Å²) >= 11 is 11.8. The lowest BCUT2D eigenvalue weighted by atomic mass is 10.2. The molecule has 2 aromatic carbocycles. The van der Waals surface area contributed by atoms with Crippen LogP contribution in [0.4, 0.5) is 0 Å². The predicted octanol–water partition coefficient (Wildman–Crippen LogP) is 3.41. The molecule has 0 aliphatic rings. The molecule has 0 fully saturated rings. The third kappa shape index (κ3) is 5.47. The van der Waals surface area contributed by atoms with Crippen LogP contribution in [0.25, 0.3) is 0 Å². The topological polar surface area (TPSA) is 89.0 Å². The molecule has 0 aromatic heterocycles. The minimum Gasteiger partial charge on any atom is -0.370 e. The maximum absolute atomic E-state index is 8.10. The molecule has 0 spiro atoms. The van der Waals surface area contributed by atoms with Crippen molar-refractivity contribution in [3.8, 4) is 0 Å². The highest BCUT2D eigenvalue weighted by Gasteiger charge is 2.12.